The molecule has 1 aliphatic rings. The van der Waals surface area contributed by atoms with Gasteiger partial charge in [-0.15, -0.1) is 0 Å². The van der Waals surface area contributed by atoms with Crippen LogP contribution in [0.25, 0.3) is 0 Å². The topological polar surface area (TPSA) is 3.24 Å². The van der Waals surface area contributed by atoms with Crippen molar-refractivity contribution in [2.24, 2.45) is 0 Å². The van der Waals surface area contributed by atoms with Crippen LogP contribution < -0.4 is 0 Å². The van der Waals surface area contributed by atoms with Crippen LogP contribution in [-0.2, 0) is 0 Å². The van der Waals surface area contributed by atoms with Gasteiger partial charge in [-0.1, -0.05) is 0 Å². The third-order valence-corrected chi connectivity index (χ3v) is 1.79. The minimum absolute atomic E-state index is 0.420. The van der Waals surface area contributed by atoms with Gasteiger partial charge in [-0.2, -0.15) is 13.2 Å². The van der Waals surface area contributed by atoms with Crippen molar-refractivity contribution in [2.45, 2.75) is 19.3 Å². The summed E-state index contributed by atoms with van der Waals surface area (Å²) >= 11 is 0. The molecule has 64 valence electrons. The van der Waals surface area contributed by atoms with E-state index in [1.165, 1.54) is 0 Å². The maximum atomic E-state index is 12.5. The van der Waals surface area contributed by atoms with Crippen molar-refractivity contribution in [2.75, 3.05) is 13.1 Å². The third-order valence-electron chi connectivity index (χ3n) is 1.79. The summed E-state index contributed by atoms with van der Waals surface area (Å²) in [5.74, 6) is -1.34. The standard InChI is InChI=1S/C7H10F3N/c8-6(9)7(10)11-4-2-1-3-5-11/h1-5H2. The monoisotopic (exact) mass is 165 g/mol. The zero-order valence-corrected chi connectivity index (χ0v) is 6.12. The number of piperidine rings is 1. The van der Waals surface area contributed by atoms with Crippen LogP contribution in [0.1, 0.15) is 19.3 Å². The van der Waals surface area contributed by atoms with E-state index in [-0.39, 0.29) is 0 Å². The number of likely N-dealkylation sites (tertiary alicyclic amines) is 1. The number of hydrogen-bond donors (Lipinski definition) is 0. The second-order valence-corrected chi connectivity index (χ2v) is 2.60. The van der Waals surface area contributed by atoms with E-state index in [1.807, 2.05) is 0 Å². The fraction of sp³-hybridized carbons (Fsp3) is 0.714. The fourth-order valence-corrected chi connectivity index (χ4v) is 1.21. The van der Waals surface area contributed by atoms with E-state index in [4.69, 9.17) is 0 Å². The van der Waals surface area contributed by atoms with Crippen molar-refractivity contribution in [3.8, 4) is 0 Å². The Labute approximate surface area is 63.5 Å². The highest BCUT2D eigenvalue weighted by Gasteiger charge is 2.17. The van der Waals surface area contributed by atoms with Gasteiger partial charge in [0.25, 0.3) is 5.95 Å². The molecule has 0 N–H and O–H groups in total. The minimum atomic E-state index is -2.20. The Hall–Kier alpha value is -0.670. The van der Waals surface area contributed by atoms with E-state index < -0.39 is 12.0 Å². The second kappa shape index (κ2) is 3.64. The van der Waals surface area contributed by atoms with Crippen LogP contribution >= 0.6 is 0 Å². The molecule has 0 amide bonds. The van der Waals surface area contributed by atoms with Gasteiger partial charge >= 0.3 is 6.08 Å². The van der Waals surface area contributed by atoms with Gasteiger partial charge in [-0.25, -0.2) is 0 Å². The average Bonchev–Trinajstić information content (AvgIpc) is 2.05. The molecule has 0 radical (unpaired) electrons. The molecule has 0 aromatic heterocycles. The minimum Gasteiger partial charge on any atom is -0.344 e. The Bertz CT molecular complexity index is 157. The van der Waals surface area contributed by atoms with Crippen molar-refractivity contribution < 1.29 is 13.2 Å². The molecular weight excluding hydrogens is 155 g/mol. The molecule has 1 saturated heterocycles. The molecule has 0 bridgehead atoms. The summed E-state index contributed by atoms with van der Waals surface area (Å²) in [6.07, 6.45) is 0.422. The molecule has 1 rings (SSSR count). The zero-order valence-electron chi connectivity index (χ0n) is 6.12. The van der Waals surface area contributed by atoms with Crippen LogP contribution in [0.5, 0.6) is 0 Å². The first-order valence-corrected chi connectivity index (χ1v) is 3.67. The van der Waals surface area contributed by atoms with E-state index in [2.05, 4.69) is 0 Å². The molecule has 0 aliphatic carbocycles. The molecule has 1 aliphatic heterocycles. The van der Waals surface area contributed by atoms with Crippen molar-refractivity contribution in [1.29, 1.82) is 0 Å². The number of nitrogens with zero attached hydrogens (tertiary/aromatic N) is 1. The first-order chi connectivity index (χ1) is 5.22. The van der Waals surface area contributed by atoms with Crippen LogP contribution in [0, 0.1) is 0 Å². The predicted molar refractivity (Wildman–Crippen MR) is 35.8 cm³/mol. The molecule has 0 spiro atoms. The average molecular weight is 165 g/mol. The summed E-state index contributed by atoms with van der Waals surface area (Å²) in [5.41, 5.74) is 0. The van der Waals surface area contributed by atoms with Gasteiger partial charge in [0.05, 0.1) is 0 Å². The van der Waals surface area contributed by atoms with Crippen molar-refractivity contribution in [3.63, 3.8) is 0 Å². The predicted octanol–water partition coefficient (Wildman–Crippen LogP) is 2.51. The first-order valence-electron chi connectivity index (χ1n) is 3.67. The van der Waals surface area contributed by atoms with E-state index in [0.29, 0.717) is 13.1 Å². The number of rotatable bonds is 1. The largest absolute Gasteiger partial charge is 0.344 e. The molecule has 4 heteroatoms. The summed E-state index contributed by atoms with van der Waals surface area (Å²) in [6, 6.07) is 0. The van der Waals surface area contributed by atoms with Gasteiger partial charge in [0.2, 0.25) is 0 Å². The normalized spacial score (nSPS) is 18.3. The molecule has 11 heavy (non-hydrogen) atoms. The molecule has 0 unspecified atom stereocenters. The van der Waals surface area contributed by atoms with Gasteiger partial charge in [0.1, 0.15) is 0 Å². The molecule has 1 fully saturated rings. The number of hydrogen-bond acceptors (Lipinski definition) is 1. The van der Waals surface area contributed by atoms with Gasteiger partial charge in [0.15, 0.2) is 0 Å². The Morgan fingerprint density at radius 3 is 1.91 bits per heavy atom. The molecule has 1 heterocycles. The summed E-state index contributed by atoms with van der Waals surface area (Å²) in [7, 11) is 0. The molecule has 0 aromatic rings. The van der Waals surface area contributed by atoms with Gasteiger partial charge in [-0.3, -0.25) is 0 Å². The lowest BCUT2D eigenvalue weighted by Crippen LogP contribution is -2.27. The first kappa shape index (κ1) is 8.43. The highest BCUT2D eigenvalue weighted by Crippen LogP contribution is 2.19. The van der Waals surface area contributed by atoms with Crippen molar-refractivity contribution >= 4 is 0 Å². The molecule has 1 nitrogen and oxygen atoms in total. The summed E-state index contributed by atoms with van der Waals surface area (Å²) in [4.78, 5) is 1.10. The van der Waals surface area contributed by atoms with Crippen LogP contribution in [0.2, 0.25) is 0 Å². The van der Waals surface area contributed by atoms with Crippen molar-refractivity contribution in [3.05, 3.63) is 12.0 Å². The van der Waals surface area contributed by atoms with Gasteiger partial charge in [0, 0.05) is 13.1 Å². The van der Waals surface area contributed by atoms with Crippen LogP contribution in [0.3, 0.4) is 0 Å². The maximum Gasteiger partial charge on any atom is 0.322 e. The summed E-state index contributed by atoms with van der Waals surface area (Å²) in [6.45, 7) is 0.840. The lowest BCUT2D eigenvalue weighted by molar-refractivity contribution is 0.199. The molecule has 0 aromatic carbocycles. The second-order valence-electron chi connectivity index (χ2n) is 2.60. The molecular formula is C7H10F3N. The summed E-state index contributed by atoms with van der Waals surface area (Å²) < 4.78 is 35.8. The smallest absolute Gasteiger partial charge is 0.322 e. The lowest BCUT2D eigenvalue weighted by atomic mass is 10.1. The highest BCUT2D eigenvalue weighted by molar-refractivity contribution is 4.92. The van der Waals surface area contributed by atoms with E-state index >= 15 is 0 Å². The van der Waals surface area contributed by atoms with Gasteiger partial charge < -0.3 is 4.90 Å². The SMILES string of the molecule is FC(F)=C(F)N1CCCCC1. The van der Waals surface area contributed by atoms with Gasteiger partial charge in [-0.05, 0) is 19.3 Å². The van der Waals surface area contributed by atoms with E-state index in [9.17, 15) is 13.2 Å². The van der Waals surface area contributed by atoms with E-state index in [1.54, 1.807) is 0 Å². The van der Waals surface area contributed by atoms with E-state index in [0.717, 1.165) is 24.2 Å². The summed E-state index contributed by atoms with van der Waals surface area (Å²) in [5, 5.41) is 0. The zero-order chi connectivity index (χ0) is 8.27. The molecule has 0 atom stereocenters. The third kappa shape index (κ3) is 2.13. The Morgan fingerprint density at radius 2 is 1.45 bits per heavy atom. The van der Waals surface area contributed by atoms with Crippen molar-refractivity contribution in [1.82, 2.24) is 4.90 Å². The van der Waals surface area contributed by atoms with Crippen LogP contribution in [0.4, 0.5) is 13.2 Å². The van der Waals surface area contributed by atoms with Crippen LogP contribution in [0.15, 0.2) is 12.0 Å². The highest BCUT2D eigenvalue weighted by atomic mass is 19.3. The molecule has 0 saturated carbocycles. The fourth-order valence-electron chi connectivity index (χ4n) is 1.21. The lowest BCUT2D eigenvalue weighted by Gasteiger charge is -2.25. The number of halogens is 3. The quantitative estimate of drug-likeness (QED) is 0.539. The maximum absolute atomic E-state index is 12.5. The Balaban J connectivity index is 2.52. The Morgan fingerprint density at radius 1 is 0.909 bits per heavy atom. The Kier molecular flexibility index (Phi) is 2.79. The van der Waals surface area contributed by atoms with Crippen LogP contribution in [-0.4, -0.2) is 18.0 Å².